The molecule has 2 heterocycles. The molecule has 2 aromatic rings. The van der Waals surface area contributed by atoms with Crippen LogP contribution in [0.1, 0.15) is 0 Å². The monoisotopic (exact) mass is 191 g/mol. The van der Waals surface area contributed by atoms with E-state index in [1.54, 1.807) is 18.5 Å². The highest BCUT2D eigenvalue weighted by Gasteiger charge is 1.99. The summed E-state index contributed by atoms with van der Waals surface area (Å²) in [5.74, 6) is 0. The van der Waals surface area contributed by atoms with Gasteiger partial charge in [-0.3, -0.25) is 4.98 Å². The van der Waals surface area contributed by atoms with E-state index in [0.29, 0.717) is 0 Å². The van der Waals surface area contributed by atoms with Crippen molar-refractivity contribution >= 4 is 11.6 Å². The highest BCUT2D eigenvalue weighted by Crippen LogP contribution is 2.13. The molecule has 0 aliphatic carbocycles. The van der Waals surface area contributed by atoms with Gasteiger partial charge in [0.25, 0.3) is 0 Å². The van der Waals surface area contributed by atoms with Crippen LogP contribution in [0, 0.1) is 0 Å². The molecule has 0 aliphatic heterocycles. The van der Waals surface area contributed by atoms with Gasteiger partial charge in [0, 0.05) is 12.4 Å². The van der Waals surface area contributed by atoms with Crippen molar-refractivity contribution in [3.63, 3.8) is 0 Å². The highest BCUT2D eigenvalue weighted by molar-refractivity contribution is 6.28. The average Bonchev–Trinajstić information content (AvgIpc) is 2.19. The Bertz CT molecular complexity index is 403. The molecule has 0 spiro atoms. The zero-order valence-corrected chi connectivity index (χ0v) is 7.44. The Balaban J connectivity index is 2.48. The number of halogens is 1. The predicted molar refractivity (Wildman–Crippen MR) is 50.3 cm³/mol. The van der Waals surface area contributed by atoms with Crippen molar-refractivity contribution < 1.29 is 0 Å². The Kier molecular flexibility index (Phi) is 2.19. The predicted octanol–water partition coefficient (Wildman–Crippen LogP) is 2.19. The lowest BCUT2D eigenvalue weighted by atomic mass is 10.3. The summed E-state index contributed by atoms with van der Waals surface area (Å²) in [6.07, 6.45) is 3.32. The summed E-state index contributed by atoms with van der Waals surface area (Å²) >= 11 is 5.64. The molecule has 0 bridgehead atoms. The summed E-state index contributed by atoms with van der Waals surface area (Å²) in [4.78, 5) is 12.0. The third-order valence-corrected chi connectivity index (χ3v) is 1.74. The van der Waals surface area contributed by atoms with Gasteiger partial charge in [-0.1, -0.05) is 6.07 Å². The maximum absolute atomic E-state index is 5.64. The number of rotatable bonds is 1. The molecule has 64 valence electrons. The molecule has 0 saturated carbocycles. The summed E-state index contributed by atoms with van der Waals surface area (Å²) in [7, 11) is 0. The van der Waals surface area contributed by atoms with Gasteiger partial charge in [-0.25, -0.2) is 9.97 Å². The van der Waals surface area contributed by atoms with Gasteiger partial charge in [0.1, 0.15) is 0 Å². The lowest BCUT2D eigenvalue weighted by Gasteiger charge is -1.97. The molecule has 13 heavy (non-hydrogen) atoms. The van der Waals surface area contributed by atoms with E-state index in [2.05, 4.69) is 15.0 Å². The first-order valence-corrected chi connectivity index (χ1v) is 4.14. The zero-order valence-electron chi connectivity index (χ0n) is 6.68. The van der Waals surface area contributed by atoms with E-state index >= 15 is 0 Å². The van der Waals surface area contributed by atoms with Crippen molar-refractivity contribution in [2.75, 3.05) is 0 Å². The Morgan fingerprint density at radius 3 is 2.54 bits per heavy atom. The van der Waals surface area contributed by atoms with Gasteiger partial charge >= 0.3 is 0 Å². The van der Waals surface area contributed by atoms with Crippen LogP contribution < -0.4 is 0 Å². The van der Waals surface area contributed by atoms with E-state index in [4.69, 9.17) is 11.6 Å². The van der Waals surface area contributed by atoms with E-state index in [-0.39, 0.29) is 5.28 Å². The maximum atomic E-state index is 5.64. The van der Waals surface area contributed by atoms with E-state index in [1.807, 2.05) is 18.2 Å². The van der Waals surface area contributed by atoms with Crippen LogP contribution in [0.15, 0.2) is 36.7 Å². The quantitative estimate of drug-likeness (QED) is 0.649. The lowest BCUT2D eigenvalue weighted by molar-refractivity contribution is 1.15. The third kappa shape index (κ3) is 1.81. The average molecular weight is 192 g/mol. The van der Waals surface area contributed by atoms with Gasteiger partial charge in [0.05, 0.1) is 11.4 Å². The summed E-state index contributed by atoms with van der Waals surface area (Å²) in [5.41, 5.74) is 1.53. The fourth-order valence-electron chi connectivity index (χ4n) is 0.992. The lowest BCUT2D eigenvalue weighted by Crippen LogP contribution is -1.88. The number of hydrogen-bond acceptors (Lipinski definition) is 3. The minimum Gasteiger partial charge on any atom is -0.255 e. The van der Waals surface area contributed by atoms with Crippen molar-refractivity contribution in [1.29, 1.82) is 0 Å². The van der Waals surface area contributed by atoms with Crippen LogP contribution in [0.25, 0.3) is 11.4 Å². The van der Waals surface area contributed by atoms with Gasteiger partial charge in [0.15, 0.2) is 0 Å². The normalized spacial score (nSPS) is 9.92. The van der Waals surface area contributed by atoms with Crippen LogP contribution in [0.5, 0.6) is 0 Å². The molecule has 0 unspecified atom stereocenters. The fraction of sp³-hybridized carbons (Fsp3) is 0. The van der Waals surface area contributed by atoms with Gasteiger partial charge < -0.3 is 0 Å². The van der Waals surface area contributed by atoms with Crippen LogP contribution in [0.4, 0.5) is 0 Å². The van der Waals surface area contributed by atoms with Crippen molar-refractivity contribution in [2.45, 2.75) is 0 Å². The molecule has 0 saturated heterocycles. The molecule has 0 aliphatic rings. The number of nitrogens with zero attached hydrogens (tertiary/aromatic N) is 3. The van der Waals surface area contributed by atoms with Gasteiger partial charge in [0.2, 0.25) is 5.28 Å². The molecule has 3 nitrogen and oxygen atoms in total. The van der Waals surface area contributed by atoms with Crippen molar-refractivity contribution in [3.8, 4) is 11.4 Å². The molecule has 0 radical (unpaired) electrons. The van der Waals surface area contributed by atoms with E-state index in [0.717, 1.165) is 11.4 Å². The van der Waals surface area contributed by atoms with E-state index in [1.165, 1.54) is 0 Å². The molecule has 2 aromatic heterocycles. The summed E-state index contributed by atoms with van der Waals surface area (Å²) < 4.78 is 0. The number of hydrogen-bond donors (Lipinski definition) is 0. The molecule has 2 rings (SSSR count). The van der Waals surface area contributed by atoms with Gasteiger partial charge in [-0.2, -0.15) is 0 Å². The summed E-state index contributed by atoms with van der Waals surface area (Å²) in [6, 6.07) is 7.40. The summed E-state index contributed by atoms with van der Waals surface area (Å²) in [6.45, 7) is 0. The minimum absolute atomic E-state index is 0.239. The molecule has 0 amide bonds. The first-order chi connectivity index (χ1) is 6.36. The van der Waals surface area contributed by atoms with Crippen molar-refractivity contribution in [2.24, 2.45) is 0 Å². The van der Waals surface area contributed by atoms with Gasteiger partial charge in [-0.15, -0.1) is 0 Å². The highest BCUT2D eigenvalue weighted by atomic mass is 35.5. The largest absolute Gasteiger partial charge is 0.255 e. The Labute approximate surface area is 80.5 Å². The zero-order chi connectivity index (χ0) is 9.10. The molecule has 0 N–H and O–H groups in total. The fourth-order valence-corrected chi connectivity index (χ4v) is 1.14. The second-order valence-corrected chi connectivity index (χ2v) is 2.76. The van der Waals surface area contributed by atoms with Crippen LogP contribution >= 0.6 is 11.6 Å². The van der Waals surface area contributed by atoms with Crippen molar-refractivity contribution in [3.05, 3.63) is 41.9 Å². The number of pyridine rings is 1. The second kappa shape index (κ2) is 3.49. The van der Waals surface area contributed by atoms with Crippen LogP contribution in [-0.2, 0) is 0 Å². The Morgan fingerprint density at radius 1 is 0.923 bits per heavy atom. The van der Waals surface area contributed by atoms with E-state index < -0.39 is 0 Å². The molecule has 0 aromatic carbocycles. The molecular weight excluding hydrogens is 186 g/mol. The Morgan fingerprint density at radius 2 is 1.85 bits per heavy atom. The SMILES string of the molecule is Clc1nccc(-c2ccccn2)n1. The first-order valence-electron chi connectivity index (χ1n) is 3.76. The summed E-state index contributed by atoms with van der Waals surface area (Å²) in [5, 5.41) is 0.239. The maximum Gasteiger partial charge on any atom is 0.222 e. The van der Waals surface area contributed by atoms with Crippen LogP contribution in [0.3, 0.4) is 0 Å². The topological polar surface area (TPSA) is 38.7 Å². The molecule has 0 fully saturated rings. The third-order valence-electron chi connectivity index (χ3n) is 1.55. The van der Waals surface area contributed by atoms with Crippen LogP contribution in [-0.4, -0.2) is 15.0 Å². The Hall–Kier alpha value is -1.48. The van der Waals surface area contributed by atoms with Crippen molar-refractivity contribution in [1.82, 2.24) is 15.0 Å². The second-order valence-electron chi connectivity index (χ2n) is 2.43. The van der Waals surface area contributed by atoms with Crippen LogP contribution in [0.2, 0.25) is 5.28 Å². The van der Waals surface area contributed by atoms with E-state index in [9.17, 15) is 0 Å². The molecule has 0 atom stereocenters. The first kappa shape index (κ1) is 8.13. The smallest absolute Gasteiger partial charge is 0.222 e. The minimum atomic E-state index is 0.239. The molecular formula is C9H6ClN3. The van der Waals surface area contributed by atoms with Gasteiger partial charge in [-0.05, 0) is 29.8 Å². The number of aromatic nitrogens is 3. The molecule has 4 heteroatoms. The standard InChI is InChI=1S/C9H6ClN3/c10-9-12-6-4-8(13-9)7-3-1-2-5-11-7/h1-6H.